The van der Waals surface area contributed by atoms with E-state index in [9.17, 15) is 4.39 Å². The molecule has 4 nitrogen and oxygen atoms in total. The molecule has 1 N–H and O–H groups in total. The molecule has 2 rings (SSSR count). The van der Waals surface area contributed by atoms with Crippen molar-refractivity contribution in [1.29, 1.82) is 0 Å². The van der Waals surface area contributed by atoms with E-state index in [1.54, 1.807) is 12.3 Å². The van der Waals surface area contributed by atoms with E-state index in [-0.39, 0.29) is 11.7 Å². The highest BCUT2D eigenvalue weighted by Crippen LogP contribution is 2.20. The van der Waals surface area contributed by atoms with Crippen LogP contribution in [-0.4, -0.2) is 30.8 Å². The maximum atomic E-state index is 14.2. The summed E-state index contributed by atoms with van der Waals surface area (Å²) in [6, 6.07) is 2.00. The van der Waals surface area contributed by atoms with Gasteiger partial charge in [0.25, 0.3) is 5.88 Å². The summed E-state index contributed by atoms with van der Waals surface area (Å²) in [5.41, 5.74) is 0.593. The first-order valence-corrected chi connectivity index (χ1v) is 7.24. The van der Waals surface area contributed by atoms with Crippen molar-refractivity contribution in [2.45, 2.75) is 39.3 Å². The number of nitrogens with one attached hydrogen (secondary N) is 1. The monoisotopic (exact) mass is 282 g/mol. The highest BCUT2D eigenvalue weighted by atomic mass is 19.1. The summed E-state index contributed by atoms with van der Waals surface area (Å²) in [6.45, 7) is 6.59. The molecule has 1 aliphatic rings. The zero-order valence-corrected chi connectivity index (χ0v) is 12.2. The number of rotatable bonds is 6. The zero-order valence-electron chi connectivity index (χ0n) is 12.2. The standard InChI is InChI=1S/C15H23FN2O2/c1-11(2)18-9-13-3-6-17-15(14(13)16)20-10-12-4-7-19-8-5-12/h3,6,11-12,18H,4-5,7-10H2,1-2H3. The largest absolute Gasteiger partial charge is 0.475 e. The van der Waals surface area contributed by atoms with Gasteiger partial charge in [-0.15, -0.1) is 0 Å². The van der Waals surface area contributed by atoms with Gasteiger partial charge in [-0.1, -0.05) is 13.8 Å². The van der Waals surface area contributed by atoms with Crippen LogP contribution >= 0.6 is 0 Å². The number of ether oxygens (including phenoxy) is 2. The van der Waals surface area contributed by atoms with Gasteiger partial charge in [0.15, 0.2) is 5.82 Å². The fourth-order valence-electron chi connectivity index (χ4n) is 2.12. The highest BCUT2D eigenvalue weighted by Gasteiger charge is 2.17. The van der Waals surface area contributed by atoms with Gasteiger partial charge in [-0.3, -0.25) is 0 Å². The molecule has 0 radical (unpaired) electrons. The summed E-state index contributed by atoms with van der Waals surface area (Å²) < 4.78 is 25.1. The van der Waals surface area contributed by atoms with Gasteiger partial charge in [-0.05, 0) is 24.8 Å². The van der Waals surface area contributed by atoms with Crippen molar-refractivity contribution in [1.82, 2.24) is 10.3 Å². The Morgan fingerprint density at radius 2 is 2.20 bits per heavy atom. The molecular weight excluding hydrogens is 259 g/mol. The molecule has 112 valence electrons. The topological polar surface area (TPSA) is 43.4 Å². The third-order valence-corrected chi connectivity index (χ3v) is 3.43. The quantitative estimate of drug-likeness (QED) is 0.870. The average Bonchev–Trinajstić information content (AvgIpc) is 2.46. The van der Waals surface area contributed by atoms with E-state index in [4.69, 9.17) is 9.47 Å². The van der Waals surface area contributed by atoms with Gasteiger partial charge < -0.3 is 14.8 Å². The van der Waals surface area contributed by atoms with Gasteiger partial charge in [-0.25, -0.2) is 9.37 Å². The lowest BCUT2D eigenvalue weighted by atomic mass is 10.0. The predicted molar refractivity (Wildman–Crippen MR) is 75.2 cm³/mol. The summed E-state index contributed by atoms with van der Waals surface area (Å²) in [7, 11) is 0. The van der Waals surface area contributed by atoms with Gasteiger partial charge in [-0.2, -0.15) is 0 Å². The molecule has 1 saturated heterocycles. The van der Waals surface area contributed by atoms with E-state index in [0.717, 1.165) is 26.1 Å². The van der Waals surface area contributed by atoms with Crippen LogP contribution in [0, 0.1) is 11.7 Å². The molecule has 1 aromatic heterocycles. The van der Waals surface area contributed by atoms with Crippen molar-refractivity contribution >= 4 is 0 Å². The number of nitrogens with zero attached hydrogens (tertiary/aromatic N) is 1. The number of aromatic nitrogens is 1. The smallest absolute Gasteiger partial charge is 0.250 e. The Morgan fingerprint density at radius 3 is 2.90 bits per heavy atom. The summed E-state index contributed by atoms with van der Waals surface area (Å²) in [6.07, 6.45) is 3.53. The zero-order chi connectivity index (χ0) is 14.4. The SMILES string of the molecule is CC(C)NCc1ccnc(OCC2CCOCC2)c1F. The van der Waals surface area contributed by atoms with E-state index in [0.29, 0.717) is 30.7 Å². The third kappa shape index (κ3) is 4.42. The Hall–Kier alpha value is -1.20. The highest BCUT2D eigenvalue weighted by molar-refractivity contribution is 5.23. The molecule has 1 aromatic rings. The molecule has 0 saturated carbocycles. The first kappa shape index (κ1) is 15.2. The fraction of sp³-hybridized carbons (Fsp3) is 0.667. The molecule has 1 fully saturated rings. The van der Waals surface area contributed by atoms with Crippen LogP contribution in [-0.2, 0) is 11.3 Å². The maximum Gasteiger partial charge on any atom is 0.250 e. The van der Waals surface area contributed by atoms with Crippen molar-refractivity contribution in [2.24, 2.45) is 5.92 Å². The van der Waals surface area contributed by atoms with Crippen molar-refractivity contribution in [2.75, 3.05) is 19.8 Å². The first-order chi connectivity index (χ1) is 9.66. The molecule has 5 heteroatoms. The Bertz CT molecular complexity index is 420. The molecule has 0 amide bonds. The summed E-state index contributed by atoms with van der Waals surface area (Å²) in [5.74, 6) is 0.189. The Morgan fingerprint density at radius 1 is 1.45 bits per heavy atom. The van der Waals surface area contributed by atoms with E-state index in [2.05, 4.69) is 10.3 Å². The summed E-state index contributed by atoms with van der Waals surface area (Å²) in [4.78, 5) is 3.99. The summed E-state index contributed by atoms with van der Waals surface area (Å²) >= 11 is 0. The van der Waals surface area contributed by atoms with Crippen LogP contribution in [0.15, 0.2) is 12.3 Å². The molecule has 0 unspecified atom stereocenters. The van der Waals surface area contributed by atoms with E-state index in [1.807, 2.05) is 13.8 Å². The molecule has 0 aliphatic carbocycles. The Kier molecular flexibility index (Phi) is 5.73. The first-order valence-electron chi connectivity index (χ1n) is 7.24. The van der Waals surface area contributed by atoms with Crippen LogP contribution in [0.4, 0.5) is 4.39 Å². The van der Waals surface area contributed by atoms with Gasteiger partial charge in [0.2, 0.25) is 0 Å². The minimum absolute atomic E-state index is 0.111. The lowest BCUT2D eigenvalue weighted by Crippen LogP contribution is -2.23. The van der Waals surface area contributed by atoms with Gasteiger partial charge in [0.05, 0.1) is 6.61 Å². The molecular formula is C15H23FN2O2. The maximum absolute atomic E-state index is 14.2. The van der Waals surface area contributed by atoms with Crippen LogP contribution in [0.1, 0.15) is 32.3 Å². The lowest BCUT2D eigenvalue weighted by Gasteiger charge is -2.22. The van der Waals surface area contributed by atoms with Crippen LogP contribution < -0.4 is 10.1 Å². The number of hydrogen-bond acceptors (Lipinski definition) is 4. The van der Waals surface area contributed by atoms with E-state index >= 15 is 0 Å². The summed E-state index contributed by atoms with van der Waals surface area (Å²) in [5, 5.41) is 3.20. The minimum Gasteiger partial charge on any atom is -0.475 e. The minimum atomic E-state index is -0.354. The van der Waals surface area contributed by atoms with Gasteiger partial charge >= 0.3 is 0 Å². The van der Waals surface area contributed by atoms with Crippen molar-refractivity contribution in [3.05, 3.63) is 23.6 Å². The number of hydrogen-bond donors (Lipinski definition) is 1. The molecule has 0 atom stereocenters. The Balaban J connectivity index is 1.91. The molecule has 2 heterocycles. The van der Waals surface area contributed by atoms with Crippen molar-refractivity contribution in [3.63, 3.8) is 0 Å². The van der Waals surface area contributed by atoms with Crippen LogP contribution in [0.25, 0.3) is 0 Å². The normalized spacial score (nSPS) is 16.6. The third-order valence-electron chi connectivity index (χ3n) is 3.43. The molecule has 0 aromatic carbocycles. The fourth-order valence-corrected chi connectivity index (χ4v) is 2.12. The second kappa shape index (κ2) is 7.55. The van der Waals surface area contributed by atoms with E-state index in [1.165, 1.54) is 0 Å². The predicted octanol–water partition coefficient (Wildman–Crippen LogP) is 2.52. The second-order valence-electron chi connectivity index (χ2n) is 5.49. The Labute approximate surface area is 119 Å². The number of halogens is 1. The van der Waals surface area contributed by atoms with Crippen LogP contribution in [0.2, 0.25) is 0 Å². The van der Waals surface area contributed by atoms with Crippen LogP contribution in [0.3, 0.4) is 0 Å². The molecule has 0 spiro atoms. The number of pyridine rings is 1. The molecule has 20 heavy (non-hydrogen) atoms. The van der Waals surface area contributed by atoms with Gasteiger partial charge in [0.1, 0.15) is 0 Å². The lowest BCUT2D eigenvalue weighted by molar-refractivity contribution is 0.0483. The molecule has 0 bridgehead atoms. The second-order valence-corrected chi connectivity index (χ2v) is 5.49. The van der Waals surface area contributed by atoms with Crippen molar-refractivity contribution in [3.8, 4) is 5.88 Å². The van der Waals surface area contributed by atoms with Gasteiger partial charge in [0, 0.05) is 37.6 Å². The average molecular weight is 282 g/mol. The van der Waals surface area contributed by atoms with Crippen molar-refractivity contribution < 1.29 is 13.9 Å². The molecule has 1 aliphatic heterocycles. The van der Waals surface area contributed by atoms with E-state index < -0.39 is 0 Å². The van der Waals surface area contributed by atoms with Crippen LogP contribution in [0.5, 0.6) is 5.88 Å².